The van der Waals surface area contributed by atoms with Crippen LogP contribution in [0.3, 0.4) is 0 Å². The van der Waals surface area contributed by atoms with Gasteiger partial charge in [0, 0.05) is 31.0 Å². The zero-order valence-corrected chi connectivity index (χ0v) is 20.3. The van der Waals surface area contributed by atoms with E-state index in [1.54, 1.807) is 40.8 Å². The molecular formula is C24H23FN10O3. The summed E-state index contributed by atoms with van der Waals surface area (Å²) in [4.78, 5) is 21.2. The number of H-pyrrole nitrogens is 1. The van der Waals surface area contributed by atoms with Gasteiger partial charge in [0.1, 0.15) is 12.2 Å². The largest absolute Gasteiger partial charge is 0.441 e. The fraction of sp³-hybridized carbons (Fsp3) is 0.417. The van der Waals surface area contributed by atoms with Crippen LogP contribution in [0.5, 0.6) is 0 Å². The van der Waals surface area contributed by atoms with E-state index >= 15 is 4.39 Å². The molecule has 0 spiro atoms. The first-order chi connectivity index (χ1) is 18.4. The molecule has 1 aliphatic heterocycles. The molecule has 38 heavy (non-hydrogen) atoms. The maximum Gasteiger partial charge on any atom is 0.408 e. The number of alkyl halides is 1. The van der Waals surface area contributed by atoms with Gasteiger partial charge in [0.15, 0.2) is 29.4 Å². The Morgan fingerprint density at radius 1 is 1.39 bits per heavy atom. The molecule has 0 radical (unpaired) electrons. The minimum Gasteiger partial charge on any atom is -0.441 e. The van der Waals surface area contributed by atoms with Crippen LogP contribution in [-0.4, -0.2) is 64.9 Å². The average molecular weight is 519 g/mol. The number of nitrogens with one attached hydrogen (secondary N) is 3. The predicted octanol–water partition coefficient (Wildman–Crippen LogP) is 2.52. The normalized spacial score (nSPS) is 27.4. The highest BCUT2D eigenvalue weighted by molar-refractivity contribution is 5.77. The van der Waals surface area contributed by atoms with Crippen molar-refractivity contribution in [3.05, 3.63) is 42.1 Å². The lowest BCUT2D eigenvalue weighted by Gasteiger charge is -2.61. The van der Waals surface area contributed by atoms with Crippen molar-refractivity contribution in [2.45, 2.75) is 43.2 Å². The summed E-state index contributed by atoms with van der Waals surface area (Å²) >= 11 is 0. The number of carbonyl (C=O) groups is 1. The number of hydrogen-bond donors (Lipinski definition) is 3. The van der Waals surface area contributed by atoms with Crippen LogP contribution in [0, 0.1) is 17.2 Å². The molecule has 2 bridgehead atoms. The molecule has 0 unspecified atom stereocenters. The second-order valence-corrected chi connectivity index (χ2v) is 10.1. The average Bonchev–Trinajstić information content (AvgIpc) is 3.64. The molecule has 3 atom stereocenters. The summed E-state index contributed by atoms with van der Waals surface area (Å²) in [5.74, 6) is 1.42. The quantitative estimate of drug-likeness (QED) is 0.348. The monoisotopic (exact) mass is 518 g/mol. The van der Waals surface area contributed by atoms with Gasteiger partial charge >= 0.3 is 6.09 Å². The highest BCUT2D eigenvalue weighted by Crippen LogP contribution is 2.57. The summed E-state index contributed by atoms with van der Waals surface area (Å²) in [7, 11) is 1.80. The number of fused-ring (bicyclic) bond motifs is 1. The highest BCUT2D eigenvalue weighted by atomic mass is 19.1. The lowest BCUT2D eigenvalue weighted by Crippen LogP contribution is -2.68. The fourth-order valence-electron chi connectivity index (χ4n) is 5.56. The molecule has 5 heterocycles. The first-order valence-electron chi connectivity index (χ1n) is 12.2. The van der Waals surface area contributed by atoms with Gasteiger partial charge in [-0.1, -0.05) is 0 Å². The van der Waals surface area contributed by atoms with Gasteiger partial charge in [-0.15, -0.1) is 0 Å². The maximum absolute atomic E-state index is 15.2. The van der Waals surface area contributed by atoms with E-state index in [-0.39, 0.29) is 17.8 Å². The highest BCUT2D eigenvalue weighted by Gasteiger charge is 2.58. The summed E-state index contributed by atoms with van der Waals surface area (Å²) in [5.41, 5.74) is 2.46. The van der Waals surface area contributed by atoms with Crippen molar-refractivity contribution in [2.75, 3.05) is 11.9 Å². The van der Waals surface area contributed by atoms with Crippen LogP contribution in [-0.2, 0) is 16.5 Å². The first-order valence-corrected chi connectivity index (χ1v) is 12.2. The molecule has 13 nitrogen and oxygen atoms in total. The zero-order chi connectivity index (χ0) is 26.0. The first kappa shape index (κ1) is 22.7. The number of rotatable bonds is 6. The summed E-state index contributed by atoms with van der Waals surface area (Å²) < 4.78 is 29.5. The minimum absolute atomic E-state index is 0.0553. The molecule has 3 aliphatic carbocycles. The van der Waals surface area contributed by atoms with Crippen molar-refractivity contribution in [1.29, 1.82) is 5.26 Å². The Kier molecular flexibility index (Phi) is 4.92. The van der Waals surface area contributed by atoms with Crippen molar-refractivity contribution in [3.63, 3.8) is 0 Å². The Morgan fingerprint density at radius 2 is 2.24 bits per heavy atom. The Bertz CT molecular complexity index is 1590. The van der Waals surface area contributed by atoms with Crippen LogP contribution in [0.2, 0.25) is 0 Å². The van der Waals surface area contributed by atoms with Gasteiger partial charge in [0.25, 0.3) is 0 Å². The lowest BCUT2D eigenvalue weighted by atomic mass is 9.50. The topological polar surface area (TPSA) is 160 Å². The van der Waals surface area contributed by atoms with Gasteiger partial charge in [0.2, 0.25) is 5.95 Å². The Morgan fingerprint density at radius 3 is 2.95 bits per heavy atom. The van der Waals surface area contributed by atoms with Crippen LogP contribution in [0.15, 0.2) is 30.7 Å². The second-order valence-electron chi connectivity index (χ2n) is 10.1. The fourth-order valence-corrected chi connectivity index (χ4v) is 5.56. The van der Waals surface area contributed by atoms with Crippen molar-refractivity contribution < 1.29 is 18.7 Å². The molecule has 4 aromatic rings. The molecule has 3 saturated carbocycles. The molecule has 0 aromatic carbocycles. The number of halogens is 1. The van der Waals surface area contributed by atoms with E-state index in [0.717, 1.165) is 25.0 Å². The third kappa shape index (κ3) is 3.58. The molecule has 4 fully saturated rings. The number of hydrogen-bond acceptors (Lipinski definition) is 9. The number of imidazole rings is 1. The number of amides is 1. The van der Waals surface area contributed by atoms with E-state index in [0.29, 0.717) is 34.6 Å². The van der Waals surface area contributed by atoms with Crippen LogP contribution in [0.1, 0.15) is 36.8 Å². The number of alkyl carbamates (subject to hydrolysis) is 1. The van der Waals surface area contributed by atoms with Gasteiger partial charge < -0.3 is 20.1 Å². The molecule has 1 saturated heterocycles. The van der Waals surface area contributed by atoms with Crippen LogP contribution in [0.25, 0.3) is 16.9 Å². The molecule has 14 heteroatoms. The number of aryl methyl sites for hydroxylation is 1. The van der Waals surface area contributed by atoms with Crippen LogP contribution >= 0.6 is 0 Å². The SMILES string of the molecule is Cn1nccc1-c1cnc(Nc2cc([C@H]3OC[C@@H](OC(=O)NC45CC(C4)C5)[C@@H]3F)[nH]n2)n2cc(C#N)nc12. The van der Waals surface area contributed by atoms with E-state index < -0.39 is 24.5 Å². The Balaban J connectivity index is 1.07. The van der Waals surface area contributed by atoms with Crippen molar-refractivity contribution >= 4 is 23.5 Å². The number of nitrogens with zero attached hydrogens (tertiary/aromatic N) is 7. The van der Waals surface area contributed by atoms with Crippen molar-refractivity contribution in [3.8, 4) is 17.3 Å². The van der Waals surface area contributed by atoms with Gasteiger partial charge in [-0.05, 0) is 31.2 Å². The number of aromatic nitrogens is 7. The van der Waals surface area contributed by atoms with Gasteiger partial charge in [-0.2, -0.15) is 15.5 Å². The van der Waals surface area contributed by atoms with Crippen molar-refractivity contribution in [1.82, 2.24) is 39.7 Å². The molecule has 4 aliphatic rings. The van der Waals surface area contributed by atoms with Gasteiger partial charge in [-0.25, -0.2) is 19.2 Å². The number of anilines is 2. The minimum atomic E-state index is -1.56. The zero-order valence-electron chi connectivity index (χ0n) is 20.3. The summed E-state index contributed by atoms with van der Waals surface area (Å²) in [6.45, 7) is -0.0553. The smallest absolute Gasteiger partial charge is 0.408 e. The van der Waals surface area contributed by atoms with Crippen molar-refractivity contribution in [2.24, 2.45) is 13.0 Å². The summed E-state index contributed by atoms with van der Waals surface area (Å²) in [6.07, 6.45) is 3.64. The maximum atomic E-state index is 15.2. The van der Waals surface area contributed by atoms with E-state index in [1.165, 1.54) is 0 Å². The standard InChI is InChI=1S/C24H23FN10O3/c1-34-16(2-3-28-34)14-9-27-22(35-10-13(8-26)29-21(14)35)30-18-4-15(32-33-18)20-19(25)17(11-37-20)38-23(36)31-24-5-12(6-24)7-24/h2-4,9-10,12,17,19-20H,5-7,11H2,1H3,(H,31,36)(H2,27,30,32,33)/t12?,17-,19+,20-,24?/m1/s1. The molecule has 8 rings (SSSR count). The molecule has 3 N–H and O–H groups in total. The number of carbonyl (C=O) groups excluding carboxylic acids is 1. The number of ether oxygens (including phenoxy) is 2. The summed E-state index contributed by atoms with van der Waals surface area (Å²) in [6, 6.07) is 5.48. The van der Waals surface area contributed by atoms with Crippen LogP contribution < -0.4 is 10.6 Å². The van der Waals surface area contributed by atoms with E-state index in [4.69, 9.17) is 9.47 Å². The molecule has 1 amide bonds. The summed E-state index contributed by atoms with van der Waals surface area (Å²) in [5, 5.41) is 26.6. The number of nitriles is 1. The number of aromatic amines is 1. The van der Waals surface area contributed by atoms with Gasteiger partial charge in [0.05, 0.1) is 29.8 Å². The second kappa shape index (κ2) is 8.25. The third-order valence-corrected chi connectivity index (χ3v) is 7.59. The van der Waals surface area contributed by atoms with E-state index in [2.05, 4.69) is 35.9 Å². The third-order valence-electron chi connectivity index (χ3n) is 7.59. The molecular weight excluding hydrogens is 495 g/mol. The Hall–Kier alpha value is -4.51. The molecule has 194 valence electrons. The Labute approximate surface area is 215 Å². The van der Waals surface area contributed by atoms with E-state index in [1.807, 2.05) is 12.1 Å². The molecule has 4 aromatic heterocycles. The lowest BCUT2D eigenvalue weighted by molar-refractivity contribution is -0.0528. The van der Waals surface area contributed by atoms with Crippen LogP contribution in [0.4, 0.5) is 21.0 Å². The van der Waals surface area contributed by atoms with E-state index in [9.17, 15) is 10.1 Å². The predicted molar refractivity (Wildman–Crippen MR) is 129 cm³/mol. The van der Waals surface area contributed by atoms with Gasteiger partial charge in [-0.3, -0.25) is 14.2 Å².